The van der Waals surface area contributed by atoms with Gasteiger partial charge in [-0.1, -0.05) is 19.9 Å². The van der Waals surface area contributed by atoms with E-state index in [-0.39, 0.29) is 5.41 Å². The summed E-state index contributed by atoms with van der Waals surface area (Å²) in [6.07, 6.45) is 5.82. The van der Waals surface area contributed by atoms with Crippen LogP contribution in [0.2, 0.25) is 0 Å². The van der Waals surface area contributed by atoms with Crippen LogP contribution in [0, 0.1) is 5.92 Å². The number of hydrogen-bond donors (Lipinski definition) is 1. The summed E-state index contributed by atoms with van der Waals surface area (Å²) in [6.45, 7) is 6.82. The Labute approximate surface area is 131 Å². The molecule has 22 heavy (non-hydrogen) atoms. The lowest BCUT2D eigenvalue weighted by atomic mass is 9.59. The summed E-state index contributed by atoms with van der Waals surface area (Å²) in [4.78, 5) is 2.60. The molecule has 2 aromatic rings. The molecule has 1 aromatic heterocycles. The number of fused-ring (bicyclic) bond motifs is 4. The van der Waals surface area contributed by atoms with Crippen molar-refractivity contribution >= 4 is 0 Å². The summed E-state index contributed by atoms with van der Waals surface area (Å²) >= 11 is 0. The van der Waals surface area contributed by atoms with Gasteiger partial charge in [0.05, 0.1) is 12.5 Å². The van der Waals surface area contributed by atoms with E-state index in [2.05, 4.69) is 30.9 Å². The highest BCUT2D eigenvalue weighted by Gasteiger charge is 2.48. The number of nitrogens with zero attached hydrogens (tertiary/aromatic N) is 1. The molecule has 0 radical (unpaired) electrons. The largest absolute Gasteiger partial charge is 0.508 e. The smallest absolute Gasteiger partial charge is 0.115 e. The summed E-state index contributed by atoms with van der Waals surface area (Å²) in [5.74, 6) is 0.980. The minimum absolute atomic E-state index is 0.171. The summed E-state index contributed by atoms with van der Waals surface area (Å²) < 4.78 is 5.22. The van der Waals surface area contributed by atoms with Crippen molar-refractivity contribution in [1.82, 2.24) is 4.90 Å². The third kappa shape index (κ3) is 1.99. The first-order chi connectivity index (χ1) is 10.6. The van der Waals surface area contributed by atoms with Crippen LogP contribution >= 0.6 is 0 Å². The zero-order valence-corrected chi connectivity index (χ0v) is 13.2. The van der Waals surface area contributed by atoms with Gasteiger partial charge < -0.3 is 9.52 Å². The molecule has 1 N–H and O–H groups in total. The van der Waals surface area contributed by atoms with Gasteiger partial charge >= 0.3 is 0 Å². The number of phenolic OH excluding ortho intramolecular Hbond substituents is 1. The Balaban J connectivity index is 1.69. The maximum absolute atomic E-state index is 9.89. The molecule has 1 aliphatic carbocycles. The van der Waals surface area contributed by atoms with Crippen LogP contribution in [0.1, 0.15) is 37.0 Å². The molecule has 4 rings (SSSR count). The molecular weight excluding hydrogens is 274 g/mol. The third-order valence-corrected chi connectivity index (χ3v) is 6.07. The van der Waals surface area contributed by atoms with Gasteiger partial charge in [0.1, 0.15) is 5.75 Å². The van der Waals surface area contributed by atoms with Crippen LogP contribution in [-0.2, 0) is 18.4 Å². The lowest BCUT2D eigenvalue weighted by Gasteiger charge is -2.54. The summed E-state index contributed by atoms with van der Waals surface area (Å²) in [5.41, 5.74) is 4.19. The minimum atomic E-state index is 0.171. The molecule has 0 amide bonds. The second-order valence-corrected chi connectivity index (χ2v) is 7.17. The number of hydrogen-bond acceptors (Lipinski definition) is 3. The maximum atomic E-state index is 9.89. The summed E-state index contributed by atoms with van der Waals surface area (Å²) in [6, 6.07) is 8.56. The van der Waals surface area contributed by atoms with E-state index in [1.165, 1.54) is 16.7 Å². The predicted octanol–water partition coefficient (Wildman–Crippen LogP) is 3.71. The first kappa shape index (κ1) is 13.9. The lowest BCUT2D eigenvalue weighted by molar-refractivity contribution is 0.0257. The number of rotatable bonds is 2. The second-order valence-electron chi connectivity index (χ2n) is 7.17. The highest BCUT2D eigenvalue weighted by atomic mass is 16.3. The Hall–Kier alpha value is -1.74. The van der Waals surface area contributed by atoms with Crippen molar-refractivity contribution in [2.45, 2.75) is 44.7 Å². The number of benzene rings is 1. The minimum Gasteiger partial charge on any atom is -0.508 e. The van der Waals surface area contributed by atoms with Crippen LogP contribution in [-0.4, -0.2) is 22.6 Å². The molecule has 1 saturated heterocycles. The SMILES string of the molecule is C[C@H]1C2Cc3ccc(O)cc3[C@]1(C)CCN2Cc1ccoc1. The molecule has 1 fully saturated rings. The van der Waals surface area contributed by atoms with Gasteiger partial charge in [-0.15, -0.1) is 0 Å². The average molecular weight is 297 g/mol. The first-order valence-corrected chi connectivity index (χ1v) is 8.15. The number of likely N-dealkylation sites (tertiary alicyclic amines) is 1. The zero-order valence-electron chi connectivity index (χ0n) is 13.2. The van der Waals surface area contributed by atoms with Gasteiger partial charge in [-0.2, -0.15) is 0 Å². The van der Waals surface area contributed by atoms with Crippen LogP contribution in [0.5, 0.6) is 5.75 Å². The Morgan fingerprint density at radius 1 is 1.36 bits per heavy atom. The molecule has 1 unspecified atom stereocenters. The van der Waals surface area contributed by atoms with Crippen LogP contribution < -0.4 is 0 Å². The molecule has 0 saturated carbocycles. The Morgan fingerprint density at radius 2 is 2.23 bits per heavy atom. The average Bonchev–Trinajstić information content (AvgIpc) is 3.00. The normalized spacial score (nSPS) is 31.0. The number of phenols is 1. The monoisotopic (exact) mass is 297 g/mol. The molecule has 3 atom stereocenters. The van der Waals surface area contributed by atoms with Crippen LogP contribution in [0.25, 0.3) is 0 Å². The van der Waals surface area contributed by atoms with Crippen molar-refractivity contribution in [1.29, 1.82) is 0 Å². The number of aromatic hydroxyl groups is 1. The fraction of sp³-hybridized carbons (Fsp3) is 0.474. The fourth-order valence-corrected chi connectivity index (χ4v) is 4.51. The van der Waals surface area contributed by atoms with E-state index in [0.29, 0.717) is 17.7 Å². The Morgan fingerprint density at radius 3 is 3.00 bits per heavy atom. The number of piperidine rings is 1. The van der Waals surface area contributed by atoms with Gasteiger partial charge in [0.25, 0.3) is 0 Å². The summed E-state index contributed by atoms with van der Waals surface area (Å²) in [7, 11) is 0. The molecule has 116 valence electrons. The molecule has 2 heterocycles. The second kappa shape index (κ2) is 4.88. The van der Waals surface area contributed by atoms with E-state index in [0.717, 1.165) is 25.9 Å². The van der Waals surface area contributed by atoms with Gasteiger partial charge in [-0.05, 0) is 60.0 Å². The van der Waals surface area contributed by atoms with E-state index >= 15 is 0 Å². The first-order valence-electron chi connectivity index (χ1n) is 8.15. The topological polar surface area (TPSA) is 36.6 Å². The zero-order chi connectivity index (χ0) is 15.3. The third-order valence-electron chi connectivity index (χ3n) is 6.07. The molecule has 0 spiro atoms. The quantitative estimate of drug-likeness (QED) is 0.918. The van der Waals surface area contributed by atoms with Crippen molar-refractivity contribution in [3.05, 3.63) is 53.5 Å². The molecule has 2 bridgehead atoms. The summed E-state index contributed by atoms with van der Waals surface area (Å²) in [5, 5.41) is 9.89. The van der Waals surface area contributed by atoms with Crippen molar-refractivity contribution in [3.8, 4) is 5.75 Å². The van der Waals surface area contributed by atoms with Crippen molar-refractivity contribution < 1.29 is 9.52 Å². The van der Waals surface area contributed by atoms with Crippen molar-refractivity contribution in [2.75, 3.05) is 6.54 Å². The molecule has 2 aliphatic rings. The van der Waals surface area contributed by atoms with Crippen molar-refractivity contribution in [2.24, 2.45) is 5.92 Å². The highest BCUT2D eigenvalue weighted by molar-refractivity contribution is 5.44. The molecule has 1 aromatic carbocycles. The van der Waals surface area contributed by atoms with Crippen molar-refractivity contribution in [3.63, 3.8) is 0 Å². The molecular formula is C19H23NO2. The maximum Gasteiger partial charge on any atom is 0.115 e. The molecule has 3 heteroatoms. The van der Waals surface area contributed by atoms with Gasteiger partial charge in [-0.3, -0.25) is 4.90 Å². The van der Waals surface area contributed by atoms with E-state index in [4.69, 9.17) is 4.42 Å². The highest BCUT2D eigenvalue weighted by Crippen LogP contribution is 2.49. The number of furan rings is 1. The van der Waals surface area contributed by atoms with Gasteiger partial charge in [0.2, 0.25) is 0 Å². The van der Waals surface area contributed by atoms with Gasteiger partial charge in [-0.25, -0.2) is 0 Å². The van der Waals surface area contributed by atoms with Gasteiger partial charge in [0, 0.05) is 18.2 Å². The van der Waals surface area contributed by atoms with Crippen LogP contribution in [0.15, 0.2) is 41.2 Å². The Bertz CT molecular complexity index is 679. The van der Waals surface area contributed by atoms with Crippen LogP contribution in [0.4, 0.5) is 0 Å². The Kier molecular flexibility index (Phi) is 3.08. The lowest BCUT2D eigenvalue weighted by Crippen LogP contribution is -2.57. The molecule has 3 nitrogen and oxygen atoms in total. The van der Waals surface area contributed by atoms with E-state index in [1.807, 2.05) is 18.4 Å². The van der Waals surface area contributed by atoms with Gasteiger partial charge in [0.15, 0.2) is 0 Å². The van der Waals surface area contributed by atoms with E-state index in [1.54, 1.807) is 6.26 Å². The standard InChI is InChI=1S/C19H23NO2/c1-13-18-9-15-3-4-16(21)10-17(15)19(13,2)6-7-20(18)11-14-5-8-22-12-14/h3-5,8,10,12-13,18,21H,6-7,9,11H2,1-2H3/t13-,18?,19+/m0/s1. The fourth-order valence-electron chi connectivity index (χ4n) is 4.51. The van der Waals surface area contributed by atoms with E-state index < -0.39 is 0 Å². The predicted molar refractivity (Wildman–Crippen MR) is 85.8 cm³/mol. The van der Waals surface area contributed by atoms with E-state index in [9.17, 15) is 5.11 Å². The molecule has 1 aliphatic heterocycles. The van der Waals surface area contributed by atoms with Crippen LogP contribution in [0.3, 0.4) is 0 Å².